The fourth-order valence-corrected chi connectivity index (χ4v) is 3.79. The Morgan fingerprint density at radius 3 is 2.71 bits per heavy atom. The Morgan fingerprint density at radius 2 is 1.96 bits per heavy atom. The Bertz CT molecular complexity index is 1020. The molecule has 1 atom stereocenters. The van der Waals surface area contributed by atoms with Gasteiger partial charge in [-0.2, -0.15) is 0 Å². The zero-order chi connectivity index (χ0) is 19.5. The molecule has 1 N–H and O–H groups in total. The van der Waals surface area contributed by atoms with E-state index >= 15 is 0 Å². The summed E-state index contributed by atoms with van der Waals surface area (Å²) in [7, 11) is 0. The first-order valence-electron chi connectivity index (χ1n) is 8.86. The lowest BCUT2D eigenvalue weighted by Gasteiger charge is -2.09. The number of amides is 2. The number of oxazole rings is 1. The number of nitrogens with one attached hydrogen (secondary N) is 1. The summed E-state index contributed by atoms with van der Waals surface area (Å²) in [6.45, 7) is 2.32. The fourth-order valence-electron chi connectivity index (χ4n) is 2.97. The van der Waals surface area contributed by atoms with Gasteiger partial charge in [0.1, 0.15) is 16.8 Å². The van der Waals surface area contributed by atoms with Crippen molar-refractivity contribution in [3.8, 4) is 17.2 Å². The normalized spacial score (nSPS) is 16.2. The van der Waals surface area contributed by atoms with Crippen molar-refractivity contribution >= 4 is 22.9 Å². The van der Waals surface area contributed by atoms with Gasteiger partial charge in [-0.05, 0) is 48.5 Å². The first kappa shape index (κ1) is 18.3. The third kappa shape index (κ3) is 3.94. The van der Waals surface area contributed by atoms with Crippen molar-refractivity contribution < 1.29 is 18.7 Å². The lowest BCUT2D eigenvalue weighted by atomic mass is 10.1. The number of ether oxygens (including phenoxy) is 1. The van der Waals surface area contributed by atoms with Crippen LogP contribution in [0, 0.1) is 6.92 Å². The zero-order valence-corrected chi connectivity index (χ0v) is 16.0. The van der Waals surface area contributed by atoms with Crippen LogP contribution in [-0.4, -0.2) is 22.7 Å². The number of nitrogens with zero attached hydrogens (tertiary/aromatic N) is 1. The molecule has 2 aromatic carbocycles. The molecule has 1 aromatic heterocycles. The minimum absolute atomic E-state index is 0.293. The van der Waals surface area contributed by atoms with Crippen LogP contribution in [0.4, 0.5) is 4.79 Å². The molecule has 2 amide bonds. The van der Waals surface area contributed by atoms with Crippen LogP contribution in [0.1, 0.15) is 22.3 Å². The molecule has 1 aliphatic heterocycles. The Balaban J connectivity index is 1.39. The highest BCUT2D eigenvalue weighted by Gasteiger charge is 2.33. The second kappa shape index (κ2) is 7.90. The topological polar surface area (TPSA) is 81.4 Å². The number of hydrogen-bond acceptors (Lipinski definition) is 6. The fraction of sp³-hybridized carbons (Fsp3) is 0.190. The van der Waals surface area contributed by atoms with Crippen LogP contribution in [0.25, 0.3) is 11.5 Å². The number of rotatable bonds is 6. The van der Waals surface area contributed by atoms with Crippen LogP contribution in [0.5, 0.6) is 5.75 Å². The highest BCUT2D eigenvalue weighted by molar-refractivity contribution is 8.15. The lowest BCUT2D eigenvalue weighted by Crippen LogP contribution is -2.20. The van der Waals surface area contributed by atoms with Crippen LogP contribution >= 0.6 is 11.8 Å². The van der Waals surface area contributed by atoms with Gasteiger partial charge in [-0.25, -0.2) is 4.98 Å². The van der Waals surface area contributed by atoms with Crippen molar-refractivity contribution in [1.82, 2.24) is 10.3 Å². The number of aromatic nitrogens is 1. The molecule has 6 nitrogen and oxygen atoms in total. The molecule has 1 unspecified atom stereocenters. The first-order chi connectivity index (χ1) is 13.6. The molecular formula is C21H18N2O4S. The van der Waals surface area contributed by atoms with Gasteiger partial charge in [0.25, 0.3) is 5.24 Å². The molecule has 142 valence electrons. The maximum absolute atomic E-state index is 11.8. The molecule has 0 spiro atoms. The van der Waals surface area contributed by atoms with Gasteiger partial charge < -0.3 is 9.15 Å². The van der Waals surface area contributed by atoms with Gasteiger partial charge in [0.2, 0.25) is 11.8 Å². The minimum atomic E-state index is -0.526. The Hall–Kier alpha value is -3.06. The highest BCUT2D eigenvalue weighted by atomic mass is 32.2. The summed E-state index contributed by atoms with van der Waals surface area (Å²) in [5.41, 5.74) is 2.54. The van der Waals surface area contributed by atoms with E-state index in [4.69, 9.17) is 9.15 Å². The van der Waals surface area contributed by atoms with Crippen LogP contribution in [0.3, 0.4) is 0 Å². The number of carbonyl (C=O) groups excluding carboxylic acids is 2. The minimum Gasteiger partial charge on any atom is -0.493 e. The summed E-state index contributed by atoms with van der Waals surface area (Å²) in [4.78, 5) is 27.8. The molecule has 4 rings (SSSR count). The standard InChI is InChI=1S/C21H18N2O4S/c1-13-17(22-20(27-13)14-6-3-2-4-7-14)10-11-26-16-9-5-8-15(12-16)18-19(24)23-21(25)28-18/h2-9,12,18H,10-11H2,1H3,(H,23,24,25). The molecule has 0 radical (unpaired) electrons. The van der Waals surface area contributed by atoms with Crippen LogP contribution in [0.15, 0.2) is 59.0 Å². The average Bonchev–Trinajstić information content (AvgIpc) is 3.24. The molecule has 7 heteroatoms. The monoisotopic (exact) mass is 394 g/mol. The van der Waals surface area contributed by atoms with Crippen molar-refractivity contribution in [3.05, 3.63) is 71.6 Å². The van der Waals surface area contributed by atoms with Crippen molar-refractivity contribution in [3.63, 3.8) is 0 Å². The summed E-state index contributed by atoms with van der Waals surface area (Å²) in [5.74, 6) is 1.73. The summed E-state index contributed by atoms with van der Waals surface area (Å²) in [6, 6.07) is 17.0. The van der Waals surface area contributed by atoms with E-state index in [2.05, 4.69) is 10.3 Å². The lowest BCUT2D eigenvalue weighted by molar-refractivity contribution is -0.119. The third-order valence-electron chi connectivity index (χ3n) is 4.37. The van der Waals surface area contributed by atoms with Gasteiger partial charge in [-0.3, -0.25) is 14.9 Å². The number of imide groups is 1. The highest BCUT2D eigenvalue weighted by Crippen LogP contribution is 2.35. The quantitative estimate of drug-likeness (QED) is 0.671. The average molecular weight is 394 g/mol. The van der Waals surface area contributed by atoms with E-state index < -0.39 is 5.25 Å². The molecule has 0 aliphatic carbocycles. The SMILES string of the molecule is Cc1oc(-c2ccccc2)nc1CCOc1cccc(C2SC(=O)NC2=O)c1. The van der Waals surface area contributed by atoms with Crippen molar-refractivity contribution in [2.24, 2.45) is 0 Å². The maximum Gasteiger partial charge on any atom is 0.286 e. The van der Waals surface area contributed by atoms with Crippen molar-refractivity contribution in [2.75, 3.05) is 6.61 Å². The summed E-state index contributed by atoms with van der Waals surface area (Å²) >= 11 is 0.981. The molecule has 1 fully saturated rings. The molecule has 0 saturated carbocycles. The van der Waals surface area contributed by atoms with E-state index in [0.717, 1.165) is 34.3 Å². The maximum atomic E-state index is 11.8. The van der Waals surface area contributed by atoms with E-state index in [1.54, 1.807) is 6.07 Å². The van der Waals surface area contributed by atoms with E-state index in [9.17, 15) is 9.59 Å². The predicted molar refractivity (Wildman–Crippen MR) is 106 cm³/mol. The summed E-state index contributed by atoms with van der Waals surface area (Å²) in [5, 5.41) is 1.45. The number of thioether (sulfide) groups is 1. The Morgan fingerprint density at radius 1 is 1.14 bits per heavy atom. The van der Waals surface area contributed by atoms with E-state index in [0.29, 0.717) is 24.7 Å². The van der Waals surface area contributed by atoms with Gasteiger partial charge in [0.15, 0.2) is 0 Å². The number of aryl methyl sites for hydroxylation is 1. The van der Waals surface area contributed by atoms with Crippen LogP contribution in [-0.2, 0) is 11.2 Å². The molecular weight excluding hydrogens is 376 g/mol. The molecule has 3 aromatic rings. The summed E-state index contributed by atoms with van der Waals surface area (Å²) in [6.07, 6.45) is 0.601. The second-order valence-electron chi connectivity index (χ2n) is 6.33. The van der Waals surface area contributed by atoms with Crippen molar-refractivity contribution in [1.29, 1.82) is 0 Å². The van der Waals surface area contributed by atoms with Crippen LogP contribution in [0.2, 0.25) is 0 Å². The third-order valence-corrected chi connectivity index (χ3v) is 5.41. The van der Waals surface area contributed by atoms with Crippen molar-refractivity contribution in [2.45, 2.75) is 18.6 Å². The van der Waals surface area contributed by atoms with Gasteiger partial charge in [0, 0.05) is 12.0 Å². The first-order valence-corrected chi connectivity index (χ1v) is 9.74. The van der Waals surface area contributed by atoms with Gasteiger partial charge in [-0.15, -0.1) is 0 Å². The Labute approximate surface area is 166 Å². The van der Waals surface area contributed by atoms with Gasteiger partial charge >= 0.3 is 0 Å². The number of benzene rings is 2. The molecule has 1 aliphatic rings. The Kier molecular flexibility index (Phi) is 5.16. The molecule has 28 heavy (non-hydrogen) atoms. The number of carbonyl (C=O) groups is 2. The number of hydrogen-bond donors (Lipinski definition) is 1. The molecule has 2 heterocycles. The summed E-state index contributed by atoms with van der Waals surface area (Å²) < 4.78 is 11.6. The van der Waals surface area contributed by atoms with Crippen LogP contribution < -0.4 is 10.1 Å². The zero-order valence-electron chi connectivity index (χ0n) is 15.2. The second-order valence-corrected chi connectivity index (χ2v) is 7.41. The van der Waals surface area contributed by atoms with Gasteiger partial charge in [0.05, 0.1) is 12.3 Å². The largest absolute Gasteiger partial charge is 0.493 e. The smallest absolute Gasteiger partial charge is 0.286 e. The van der Waals surface area contributed by atoms with E-state index in [-0.39, 0.29) is 11.1 Å². The van der Waals surface area contributed by atoms with E-state index in [1.807, 2.05) is 55.5 Å². The van der Waals surface area contributed by atoms with E-state index in [1.165, 1.54) is 0 Å². The predicted octanol–water partition coefficient (Wildman–Crippen LogP) is 4.30. The molecule has 0 bridgehead atoms. The molecule has 1 saturated heterocycles. The van der Waals surface area contributed by atoms with Gasteiger partial charge in [-0.1, -0.05) is 30.3 Å².